The maximum atomic E-state index is 11.8. The monoisotopic (exact) mass is 304 g/mol. The van der Waals surface area contributed by atoms with Gasteiger partial charge in [0.05, 0.1) is 13.0 Å². The Bertz CT molecular complexity index is 644. The zero-order chi connectivity index (χ0) is 15.2. The molecular weight excluding hydrogens is 288 g/mol. The normalized spacial score (nSPS) is 10.2. The topological polar surface area (TPSA) is 64.3 Å². The fourth-order valence-corrected chi connectivity index (χ4v) is 1.99. The lowest BCUT2D eigenvalue weighted by Crippen LogP contribution is -2.15. The number of anilines is 2. The summed E-state index contributed by atoms with van der Waals surface area (Å²) in [5.41, 5.74) is 7.92. The van der Waals surface area contributed by atoms with E-state index in [1.807, 2.05) is 13.0 Å². The average Bonchev–Trinajstić information content (AvgIpc) is 2.42. The molecule has 0 saturated heterocycles. The molecule has 0 bridgehead atoms. The van der Waals surface area contributed by atoms with Crippen molar-refractivity contribution in [3.63, 3.8) is 0 Å². The number of benzene rings is 2. The van der Waals surface area contributed by atoms with Gasteiger partial charge in [-0.2, -0.15) is 0 Å². The van der Waals surface area contributed by atoms with Crippen molar-refractivity contribution >= 4 is 28.9 Å². The van der Waals surface area contributed by atoms with Gasteiger partial charge in [-0.05, 0) is 42.8 Å². The number of hydrogen-bond acceptors (Lipinski definition) is 3. The molecule has 0 heterocycles. The Kier molecular flexibility index (Phi) is 5.06. The van der Waals surface area contributed by atoms with Crippen LogP contribution in [0.2, 0.25) is 5.02 Å². The van der Waals surface area contributed by atoms with E-state index in [-0.39, 0.29) is 18.9 Å². The van der Waals surface area contributed by atoms with Crippen molar-refractivity contribution in [1.29, 1.82) is 0 Å². The Morgan fingerprint density at radius 2 is 2.10 bits per heavy atom. The average molecular weight is 305 g/mol. The first-order valence-electron chi connectivity index (χ1n) is 6.59. The first kappa shape index (κ1) is 15.2. The van der Waals surface area contributed by atoms with Crippen LogP contribution in [0.25, 0.3) is 0 Å². The molecule has 0 aliphatic carbocycles. The van der Waals surface area contributed by atoms with Crippen molar-refractivity contribution in [2.45, 2.75) is 13.3 Å². The summed E-state index contributed by atoms with van der Waals surface area (Å²) in [6.45, 7) is 2.22. The predicted molar refractivity (Wildman–Crippen MR) is 85.8 cm³/mol. The minimum absolute atomic E-state index is 0.125. The van der Waals surface area contributed by atoms with Crippen LogP contribution in [0.1, 0.15) is 12.0 Å². The Hall–Kier alpha value is -2.20. The van der Waals surface area contributed by atoms with Crippen molar-refractivity contribution in [2.75, 3.05) is 17.7 Å². The summed E-state index contributed by atoms with van der Waals surface area (Å²) in [5.74, 6) is 0.569. The molecule has 0 aromatic heterocycles. The van der Waals surface area contributed by atoms with Crippen molar-refractivity contribution in [3.8, 4) is 5.75 Å². The van der Waals surface area contributed by atoms with E-state index in [0.717, 1.165) is 5.56 Å². The molecule has 0 radical (unpaired) electrons. The zero-order valence-electron chi connectivity index (χ0n) is 11.7. The Morgan fingerprint density at radius 3 is 2.86 bits per heavy atom. The fourth-order valence-electron chi connectivity index (χ4n) is 1.82. The third kappa shape index (κ3) is 4.68. The van der Waals surface area contributed by atoms with Crippen LogP contribution >= 0.6 is 11.6 Å². The van der Waals surface area contributed by atoms with Crippen LogP contribution in [0.5, 0.6) is 5.75 Å². The lowest BCUT2D eigenvalue weighted by molar-refractivity contribution is -0.116. The Balaban J connectivity index is 1.83. The molecule has 2 rings (SSSR count). The molecule has 0 aliphatic rings. The molecule has 0 saturated carbocycles. The Labute approximate surface area is 128 Å². The highest BCUT2D eigenvalue weighted by molar-refractivity contribution is 6.30. The van der Waals surface area contributed by atoms with Gasteiger partial charge in [-0.3, -0.25) is 4.79 Å². The number of ether oxygens (including phenoxy) is 1. The summed E-state index contributed by atoms with van der Waals surface area (Å²) >= 11 is 5.91. The number of rotatable bonds is 5. The summed E-state index contributed by atoms with van der Waals surface area (Å²) < 4.78 is 5.58. The maximum absolute atomic E-state index is 11.8. The van der Waals surface area contributed by atoms with E-state index < -0.39 is 0 Å². The lowest BCUT2D eigenvalue weighted by Gasteiger charge is -2.10. The third-order valence-corrected chi connectivity index (χ3v) is 3.14. The molecule has 0 aliphatic heterocycles. The molecule has 110 valence electrons. The second-order valence-corrected chi connectivity index (χ2v) is 5.12. The number of hydrogen-bond donors (Lipinski definition) is 2. The third-order valence-electron chi connectivity index (χ3n) is 2.91. The number of nitrogens with one attached hydrogen (secondary N) is 1. The van der Waals surface area contributed by atoms with E-state index in [0.29, 0.717) is 22.1 Å². The van der Waals surface area contributed by atoms with E-state index in [1.54, 1.807) is 36.4 Å². The molecule has 3 N–H and O–H groups in total. The number of aryl methyl sites for hydroxylation is 1. The van der Waals surface area contributed by atoms with Gasteiger partial charge in [0.1, 0.15) is 5.75 Å². The first-order valence-corrected chi connectivity index (χ1v) is 6.97. The summed E-state index contributed by atoms with van der Waals surface area (Å²) in [6.07, 6.45) is 0.251. The molecule has 0 atom stereocenters. The van der Waals surface area contributed by atoms with Crippen LogP contribution in [0, 0.1) is 6.92 Å². The Morgan fingerprint density at radius 1 is 1.29 bits per heavy atom. The van der Waals surface area contributed by atoms with Crippen LogP contribution < -0.4 is 15.8 Å². The quantitative estimate of drug-likeness (QED) is 0.829. The smallest absolute Gasteiger partial charge is 0.227 e. The van der Waals surface area contributed by atoms with E-state index in [9.17, 15) is 4.79 Å². The minimum Gasteiger partial charge on any atom is -0.493 e. The lowest BCUT2D eigenvalue weighted by atomic mass is 10.2. The number of halogens is 1. The van der Waals surface area contributed by atoms with Gasteiger partial charge in [0.15, 0.2) is 0 Å². The molecule has 0 fully saturated rings. The van der Waals surface area contributed by atoms with Gasteiger partial charge in [-0.1, -0.05) is 23.7 Å². The van der Waals surface area contributed by atoms with Crippen molar-refractivity contribution in [1.82, 2.24) is 0 Å². The highest BCUT2D eigenvalue weighted by Crippen LogP contribution is 2.22. The van der Waals surface area contributed by atoms with Crippen LogP contribution in [0.15, 0.2) is 42.5 Å². The molecule has 21 heavy (non-hydrogen) atoms. The van der Waals surface area contributed by atoms with Gasteiger partial charge in [-0.15, -0.1) is 0 Å². The minimum atomic E-state index is -0.125. The molecule has 4 nitrogen and oxygen atoms in total. The SMILES string of the molecule is Cc1ccc(Cl)cc1OCCC(=O)Nc1cccc(N)c1. The van der Waals surface area contributed by atoms with Gasteiger partial charge in [0.2, 0.25) is 5.91 Å². The molecular formula is C16H17ClN2O2. The predicted octanol–water partition coefficient (Wildman–Crippen LogP) is 3.64. The number of nitrogen functional groups attached to an aromatic ring is 1. The fraction of sp³-hybridized carbons (Fsp3) is 0.188. The summed E-state index contributed by atoms with van der Waals surface area (Å²) in [4.78, 5) is 11.8. The number of amides is 1. The van der Waals surface area contributed by atoms with Crippen molar-refractivity contribution in [3.05, 3.63) is 53.1 Å². The van der Waals surface area contributed by atoms with Gasteiger partial charge in [-0.25, -0.2) is 0 Å². The number of carbonyl (C=O) groups is 1. The van der Waals surface area contributed by atoms with Gasteiger partial charge in [0.25, 0.3) is 0 Å². The molecule has 1 amide bonds. The molecule has 2 aromatic rings. The van der Waals surface area contributed by atoms with Crippen LogP contribution in [-0.2, 0) is 4.79 Å². The summed E-state index contributed by atoms with van der Waals surface area (Å²) in [5, 5.41) is 3.38. The van der Waals surface area contributed by atoms with Crippen molar-refractivity contribution in [2.24, 2.45) is 0 Å². The molecule has 0 spiro atoms. The highest BCUT2D eigenvalue weighted by atomic mass is 35.5. The van der Waals surface area contributed by atoms with Gasteiger partial charge in [0, 0.05) is 16.4 Å². The summed E-state index contributed by atoms with van der Waals surface area (Å²) in [6, 6.07) is 12.5. The molecule has 2 aromatic carbocycles. The first-order chi connectivity index (χ1) is 10.0. The van der Waals surface area contributed by atoms with E-state index in [1.165, 1.54) is 0 Å². The van der Waals surface area contributed by atoms with E-state index in [4.69, 9.17) is 22.1 Å². The van der Waals surface area contributed by atoms with Crippen LogP contribution in [0.3, 0.4) is 0 Å². The number of nitrogens with two attached hydrogens (primary N) is 1. The zero-order valence-corrected chi connectivity index (χ0v) is 12.5. The second kappa shape index (κ2) is 6.99. The van der Waals surface area contributed by atoms with E-state index >= 15 is 0 Å². The standard InChI is InChI=1S/C16H17ClN2O2/c1-11-5-6-12(17)9-15(11)21-8-7-16(20)19-14-4-2-3-13(18)10-14/h2-6,9-10H,7-8,18H2,1H3,(H,19,20). The largest absolute Gasteiger partial charge is 0.493 e. The molecule has 5 heteroatoms. The number of carbonyl (C=O) groups excluding carboxylic acids is 1. The second-order valence-electron chi connectivity index (χ2n) is 4.68. The molecule has 0 unspecified atom stereocenters. The maximum Gasteiger partial charge on any atom is 0.227 e. The van der Waals surface area contributed by atoms with E-state index in [2.05, 4.69) is 5.32 Å². The van der Waals surface area contributed by atoms with Crippen LogP contribution in [0.4, 0.5) is 11.4 Å². The summed E-state index contributed by atoms with van der Waals surface area (Å²) in [7, 11) is 0. The van der Waals surface area contributed by atoms with Gasteiger partial charge < -0.3 is 15.8 Å². The van der Waals surface area contributed by atoms with Crippen molar-refractivity contribution < 1.29 is 9.53 Å². The highest BCUT2D eigenvalue weighted by Gasteiger charge is 2.05. The van der Waals surface area contributed by atoms with Crippen LogP contribution in [-0.4, -0.2) is 12.5 Å². The van der Waals surface area contributed by atoms with Gasteiger partial charge >= 0.3 is 0 Å².